The van der Waals surface area contributed by atoms with Gasteiger partial charge in [-0.1, -0.05) is 55.7 Å². The van der Waals surface area contributed by atoms with Gasteiger partial charge in [0.2, 0.25) is 5.88 Å². The van der Waals surface area contributed by atoms with Gasteiger partial charge < -0.3 is 20.5 Å². The molecule has 0 saturated heterocycles. The quantitative estimate of drug-likeness (QED) is 0.396. The van der Waals surface area contributed by atoms with Crippen LogP contribution in [0.25, 0.3) is 0 Å². The molecule has 1 fully saturated rings. The van der Waals surface area contributed by atoms with Gasteiger partial charge in [-0.05, 0) is 43.2 Å². The Morgan fingerprint density at radius 2 is 1.90 bits per heavy atom. The number of benzene rings is 1. The normalized spacial score (nSPS) is 16.0. The largest absolute Gasteiger partial charge is 0.473 e. The zero-order chi connectivity index (χ0) is 21.8. The van der Waals surface area contributed by atoms with Crippen LogP contribution in [0.1, 0.15) is 56.6 Å². The lowest BCUT2D eigenvalue weighted by Gasteiger charge is -2.37. The van der Waals surface area contributed by atoms with Crippen LogP contribution < -0.4 is 15.4 Å². The number of rotatable bonds is 10. The number of aliphatic hydroxyl groups excluding tert-OH is 1. The minimum absolute atomic E-state index is 0.168. The third-order valence-electron chi connectivity index (χ3n) is 6.01. The number of hydrogen-bond donors (Lipinski definition) is 3. The van der Waals surface area contributed by atoms with E-state index in [0.29, 0.717) is 19.0 Å². The van der Waals surface area contributed by atoms with Gasteiger partial charge in [0, 0.05) is 31.5 Å². The summed E-state index contributed by atoms with van der Waals surface area (Å²) in [6.07, 6.45) is 8.71. The molecule has 3 N–H and O–H groups in total. The zero-order valence-corrected chi connectivity index (χ0v) is 18.6. The van der Waals surface area contributed by atoms with E-state index in [2.05, 4.69) is 22.5 Å². The molecule has 0 aliphatic heterocycles. The van der Waals surface area contributed by atoms with E-state index in [4.69, 9.17) is 9.73 Å². The Bertz CT molecular complexity index is 799. The van der Waals surface area contributed by atoms with E-state index in [1.807, 2.05) is 42.5 Å². The van der Waals surface area contributed by atoms with Gasteiger partial charge in [0.25, 0.3) is 0 Å². The Kier molecular flexibility index (Phi) is 9.16. The number of guanidine groups is 1. The minimum atomic E-state index is 0.168. The van der Waals surface area contributed by atoms with Crippen LogP contribution >= 0.6 is 0 Å². The number of aromatic nitrogens is 1. The number of nitrogens with zero attached hydrogens (tertiary/aromatic N) is 2. The summed E-state index contributed by atoms with van der Waals surface area (Å²) in [6, 6.07) is 14.0. The fourth-order valence-electron chi connectivity index (χ4n) is 4.23. The molecule has 0 spiro atoms. The van der Waals surface area contributed by atoms with E-state index in [1.54, 1.807) is 6.20 Å². The first kappa shape index (κ1) is 23.1. The maximum atomic E-state index is 9.57. The summed E-state index contributed by atoms with van der Waals surface area (Å²) in [5.74, 6) is 1.42. The molecule has 31 heavy (non-hydrogen) atoms. The standard InChI is InChI=1S/C25H36N4O2/c1-2-26-24(29-20-25(15-17-30)13-7-4-8-14-25)28-18-22-12-9-16-27-23(22)31-19-21-10-5-3-6-11-21/h3,5-6,9-12,16,30H,2,4,7-8,13-15,17-20H2,1H3,(H2,26,28,29). The second kappa shape index (κ2) is 12.3. The highest BCUT2D eigenvalue weighted by atomic mass is 16.5. The number of aliphatic hydroxyl groups is 1. The molecule has 0 unspecified atom stereocenters. The van der Waals surface area contributed by atoms with Crippen LogP contribution in [0.4, 0.5) is 0 Å². The van der Waals surface area contributed by atoms with E-state index in [9.17, 15) is 5.11 Å². The zero-order valence-electron chi connectivity index (χ0n) is 18.6. The first-order chi connectivity index (χ1) is 15.2. The van der Waals surface area contributed by atoms with Gasteiger partial charge in [0.1, 0.15) is 6.61 Å². The third kappa shape index (κ3) is 7.24. The summed E-state index contributed by atoms with van der Waals surface area (Å²) in [7, 11) is 0. The Hall–Kier alpha value is -2.60. The Morgan fingerprint density at radius 3 is 2.65 bits per heavy atom. The topological polar surface area (TPSA) is 78.8 Å². The molecule has 1 aromatic heterocycles. The molecule has 1 aromatic carbocycles. The van der Waals surface area contributed by atoms with Crippen molar-refractivity contribution in [2.75, 3.05) is 19.7 Å². The molecule has 6 heteroatoms. The number of nitrogens with one attached hydrogen (secondary N) is 2. The van der Waals surface area contributed by atoms with Crippen molar-refractivity contribution in [3.05, 3.63) is 59.8 Å². The summed E-state index contributed by atoms with van der Waals surface area (Å²) in [4.78, 5) is 9.20. The van der Waals surface area contributed by atoms with Crippen LogP contribution in [-0.4, -0.2) is 35.7 Å². The van der Waals surface area contributed by atoms with Crippen LogP contribution in [0, 0.1) is 5.41 Å². The fourth-order valence-corrected chi connectivity index (χ4v) is 4.23. The predicted molar refractivity (Wildman–Crippen MR) is 125 cm³/mol. The molecule has 0 bridgehead atoms. The number of ether oxygens (including phenoxy) is 1. The number of aliphatic imine (C=N–C) groups is 1. The molecule has 1 saturated carbocycles. The lowest BCUT2D eigenvalue weighted by atomic mass is 9.72. The van der Waals surface area contributed by atoms with Gasteiger partial charge in [-0.2, -0.15) is 0 Å². The third-order valence-corrected chi connectivity index (χ3v) is 6.01. The average Bonchev–Trinajstić information content (AvgIpc) is 2.81. The summed E-state index contributed by atoms with van der Waals surface area (Å²) in [6.45, 7) is 4.91. The SMILES string of the molecule is CCNC(=NCc1cccnc1OCc1ccccc1)NCC1(CCO)CCCCC1. The summed E-state index contributed by atoms with van der Waals surface area (Å²) >= 11 is 0. The minimum Gasteiger partial charge on any atom is -0.473 e. The summed E-state index contributed by atoms with van der Waals surface area (Å²) < 4.78 is 5.97. The molecule has 2 aromatic rings. The molecule has 0 radical (unpaired) electrons. The van der Waals surface area contributed by atoms with Crippen molar-refractivity contribution in [1.29, 1.82) is 0 Å². The van der Waals surface area contributed by atoms with Gasteiger partial charge in [-0.3, -0.25) is 0 Å². The number of hydrogen-bond acceptors (Lipinski definition) is 4. The van der Waals surface area contributed by atoms with Crippen LogP contribution in [0.3, 0.4) is 0 Å². The second-order valence-electron chi connectivity index (χ2n) is 8.32. The second-order valence-corrected chi connectivity index (χ2v) is 8.32. The monoisotopic (exact) mass is 424 g/mol. The molecular weight excluding hydrogens is 388 g/mol. The highest BCUT2D eigenvalue weighted by Crippen LogP contribution is 2.38. The van der Waals surface area contributed by atoms with Crippen molar-refractivity contribution >= 4 is 5.96 Å². The van der Waals surface area contributed by atoms with E-state index >= 15 is 0 Å². The average molecular weight is 425 g/mol. The van der Waals surface area contributed by atoms with Crippen molar-refractivity contribution in [2.24, 2.45) is 10.4 Å². The van der Waals surface area contributed by atoms with Gasteiger partial charge >= 0.3 is 0 Å². The Morgan fingerprint density at radius 1 is 1.10 bits per heavy atom. The summed E-state index contributed by atoms with van der Waals surface area (Å²) in [5.41, 5.74) is 2.24. The van der Waals surface area contributed by atoms with E-state index in [0.717, 1.165) is 36.6 Å². The maximum absolute atomic E-state index is 9.57. The van der Waals surface area contributed by atoms with Crippen molar-refractivity contribution < 1.29 is 9.84 Å². The molecule has 1 aliphatic carbocycles. The van der Waals surface area contributed by atoms with Gasteiger partial charge in [-0.25, -0.2) is 9.98 Å². The molecular formula is C25H36N4O2. The lowest BCUT2D eigenvalue weighted by molar-refractivity contribution is 0.131. The molecule has 1 aliphatic rings. The van der Waals surface area contributed by atoms with Gasteiger partial charge in [0.15, 0.2) is 5.96 Å². The fraction of sp³-hybridized carbons (Fsp3) is 0.520. The molecule has 168 valence electrons. The Balaban J connectivity index is 1.63. The van der Waals surface area contributed by atoms with E-state index < -0.39 is 0 Å². The molecule has 6 nitrogen and oxygen atoms in total. The first-order valence-electron chi connectivity index (χ1n) is 11.5. The lowest BCUT2D eigenvalue weighted by Crippen LogP contribution is -2.44. The van der Waals surface area contributed by atoms with Crippen LogP contribution in [0.2, 0.25) is 0 Å². The highest BCUT2D eigenvalue weighted by Gasteiger charge is 2.31. The Labute approximate surface area is 186 Å². The van der Waals surface area contributed by atoms with Crippen molar-refractivity contribution in [3.63, 3.8) is 0 Å². The van der Waals surface area contributed by atoms with E-state index in [1.165, 1.54) is 32.1 Å². The van der Waals surface area contributed by atoms with Gasteiger partial charge in [-0.15, -0.1) is 0 Å². The van der Waals surface area contributed by atoms with Gasteiger partial charge in [0.05, 0.1) is 6.54 Å². The molecule has 1 heterocycles. The van der Waals surface area contributed by atoms with Crippen LogP contribution in [-0.2, 0) is 13.2 Å². The van der Waals surface area contributed by atoms with Crippen molar-refractivity contribution in [1.82, 2.24) is 15.6 Å². The number of pyridine rings is 1. The predicted octanol–water partition coefficient (Wildman–Crippen LogP) is 4.05. The molecule has 3 rings (SSSR count). The molecule has 0 amide bonds. The van der Waals surface area contributed by atoms with Crippen molar-refractivity contribution in [2.45, 2.75) is 58.6 Å². The smallest absolute Gasteiger partial charge is 0.218 e. The maximum Gasteiger partial charge on any atom is 0.218 e. The molecule has 0 atom stereocenters. The first-order valence-corrected chi connectivity index (χ1v) is 11.5. The van der Waals surface area contributed by atoms with Crippen LogP contribution in [0.15, 0.2) is 53.7 Å². The van der Waals surface area contributed by atoms with Crippen molar-refractivity contribution in [3.8, 4) is 5.88 Å². The van der Waals surface area contributed by atoms with E-state index in [-0.39, 0.29) is 12.0 Å². The summed E-state index contributed by atoms with van der Waals surface area (Å²) in [5, 5.41) is 16.4. The highest BCUT2D eigenvalue weighted by molar-refractivity contribution is 5.79. The van der Waals surface area contributed by atoms with Crippen LogP contribution in [0.5, 0.6) is 5.88 Å².